The van der Waals surface area contributed by atoms with Crippen LogP contribution >= 0.6 is 11.3 Å². The third kappa shape index (κ3) is 2.85. The number of anilines is 1. The zero-order valence-corrected chi connectivity index (χ0v) is 12.9. The second-order valence-corrected chi connectivity index (χ2v) is 6.64. The van der Waals surface area contributed by atoms with Gasteiger partial charge in [-0.2, -0.15) is 0 Å². The van der Waals surface area contributed by atoms with E-state index in [-0.39, 0.29) is 16.7 Å². The van der Waals surface area contributed by atoms with E-state index in [0.717, 1.165) is 4.70 Å². The van der Waals surface area contributed by atoms with E-state index >= 15 is 0 Å². The van der Waals surface area contributed by atoms with Gasteiger partial charge in [-0.25, -0.2) is 4.98 Å². The van der Waals surface area contributed by atoms with E-state index in [1.165, 1.54) is 43.4 Å². The smallest absolute Gasteiger partial charge is 0.319 e. The molecule has 0 saturated heterocycles. The predicted molar refractivity (Wildman–Crippen MR) is 85.9 cm³/mol. The van der Waals surface area contributed by atoms with E-state index in [1.54, 1.807) is 5.51 Å². The van der Waals surface area contributed by atoms with Crippen molar-refractivity contribution in [1.82, 2.24) is 4.98 Å². The highest BCUT2D eigenvalue weighted by molar-refractivity contribution is 7.16. The molecule has 0 radical (unpaired) electrons. The number of nitrogens with zero attached hydrogens (tertiary/aromatic N) is 2. The lowest BCUT2D eigenvalue weighted by Crippen LogP contribution is -2.28. The molecule has 1 heterocycles. The van der Waals surface area contributed by atoms with Gasteiger partial charge in [0.15, 0.2) is 5.52 Å². The van der Waals surface area contributed by atoms with Gasteiger partial charge in [-0.15, -0.1) is 11.3 Å². The van der Waals surface area contributed by atoms with Crippen molar-refractivity contribution in [3.8, 4) is 0 Å². The first kappa shape index (κ1) is 14.3. The molecule has 1 aromatic heterocycles. The number of fused-ring (bicyclic) bond motifs is 1. The highest BCUT2D eigenvalue weighted by Gasteiger charge is 2.25. The fourth-order valence-electron chi connectivity index (χ4n) is 3.22. The third-order valence-corrected chi connectivity index (χ3v) is 5.19. The van der Waals surface area contributed by atoms with E-state index in [1.807, 2.05) is 12.1 Å². The molecule has 1 unspecified atom stereocenters. The molecule has 1 saturated carbocycles. The van der Waals surface area contributed by atoms with E-state index in [4.69, 9.17) is 0 Å². The first-order chi connectivity index (χ1) is 10.2. The molecule has 0 spiro atoms. The summed E-state index contributed by atoms with van der Waals surface area (Å²) in [5.74, 6) is 0.601. The number of nitrogens with one attached hydrogen (secondary N) is 1. The molecule has 1 N–H and O–H groups in total. The molecule has 21 heavy (non-hydrogen) atoms. The van der Waals surface area contributed by atoms with Crippen LogP contribution in [0.1, 0.15) is 39.0 Å². The van der Waals surface area contributed by atoms with Crippen molar-refractivity contribution >= 4 is 32.9 Å². The van der Waals surface area contributed by atoms with Gasteiger partial charge in [0, 0.05) is 6.04 Å². The molecular formula is C15H19N3O2S. The lowest BCUT2D eigenvalue weighted by molar-refractivity contribution is -0.382. The normalized spacial score (nSPS) is 17.8. The molecule has 5 nitrogen and oxygen atoms in total. The number of thiazole rings is 1. The second kappa shape index (κ2) is 5.97. The Morgan fingerprint density at radius 1 is 1.38 bits per heavy atom. The van der Waals surface area contributed by atoms with Crippen LogP contribution in [0.15, 0.2) is 17.6 Å². The van der Waals surface area contributed by atoms with Gasteiger partial charge < -0.3 is 5.32 Å². The number of nitro benzene ring substituents is 1. The van der Waals surface area contributed by atoms with Crippen molar-refractivity contribution in [1.29, 1.82) is 0 Å². The van der Waals surface area contributed by atoms with Crippen LogP contribution in [0.5, 0.6) is 0 Å². The van der Waals surface area contributed by atoms with Crippen molar-refractivity contribution in [2.24, 2.45) is 5.92 Å². The predicted octanol–water partition coefficient (Wildman–Crippen LogP) is 4.59. The van der Waals surface area contributed by atoms with Crippen molar-refractivity contribution in [2.45, 2.75) is 45.1 Å². The first-order valence-electron chi connectivity index (χ1n) is 7.44. The fraction of sp³-hybridized carbons (Fsp3) is 0.533. The maximum Gasteiger partial charge on any atom is 0.319 e. The van der Waals surface area contributed by atoms with Crippen LogP contribution in [0.4, 0.5) is 11.4 Å². The molecule has 1 aliphatic rings. The first-order valence-corrected chi connectivity index (χ1v) is 8.32. The summed E-state index contributed by atoms with van der Waals surface area (Å²) in [7, 11) is 0. The Labute approximate surface area is 127 Å². The van der Waals surface area contributed by atoms with Crippen LogP contribution in [0.25, 0.3) is 10.2 Å². The highest BCUT2D eigenvalue weighted by Crippen LogP contribution is 2.36. The summed E-state index contributed by atoms with van der Waals surface area (Å²) < 4.78 is 0.859. The van der Waals surface area contributed by atoms with Gasteiger partial charge in [-0.1, -0.05) is 19.3 Å². The van der Waals surface area contributed by atoms with Crippen molar-refractivity contribution in [3.63, 3.8) is 0 Å². The maximum atomic E-state index is 11.4. The molecule has 1 fully saturated rings. The minimum Gasteiger partial charge on any atom is -0.377 e. The van der Waals surface area contributed by atoms with Gasteiger partial charge in [-0.3, -0.25) is 10.1 Å². The van der Waals surface area contributed by atoms with Crippen molar-refractivity contribution in [2.75, 3.05) is 5.32 Å². The number of hydrogen-bond acceptors (Lipinski definition) is 5. The van der Waals surface area contributed by atoms with Gasteiger partial charge in [0.25, 0.3) is 0 Å². The van der Waals surface area contributed by atoms with Gasteiger partial charge in [-0.05, 0) is 37.8 Å². The molecule has 6 heteroatoms. The molecule has 1 aliphatic carbocycles. The number of aromatic nitrogens is 1. The molecule has 112 valence electrons. The van der Waals surface area contributed by atoms with E-state index in [9.17, 15) is 10.1 Å². The Morgan fingerprint density at radius 2 is 2.14 bits per heavy atom. The second-order valence-electron chi connectivity index (χ2n) is 5.75. The minimum absolute atomic E-state index is 0.108. The summed E-state index contributed by atoms with van der Waals surface area (Å²) in [6.45, 7) is 2.13. The van der Waals surface area contributed by atoms with Gasteiger partial charge in [0.1, 0.15) is 5.69 Å². The average molecular weight is 305 g/mol. The van der Waals surface area contributed by atoms with E-state index in [2.05, 4.69) is 17.2 Å². The SMILES string of the molecule is CC(Nc1ccc2scnc2c1[N+](=O)[O-])C1CCCCC1. The van der Waals surface area contributed by atoms with Crippen LogP contribution in [0, 0.1) is 16.0 Å². The topological polar surface area (TPSA) is 68.1 Å². The molecule has 0 aliphatic heterocycles. The fourth-order valence-corrected chi connectivity index (χ4v) is 3.89. The van der Waals surface area contributed by atoms with Crippen molar-refractivity contribution in [3.05, 3.63) is 27.8 Å². The Kier molecular flexibility index (Phi) is 4.05. The Bertz CT molecular complexity index is 649. The molecular weight excluding hydrogens is 286 g/mol. The summed E-state index contributed by atoms with van der Waals surface area (Å²) in [5, 5.41) is 14.8. The molecule has 0 bridgehead atoms. The molecule has 1 atom stereocenters. The van der Waals surface area contributed by atoms with Gasteiger partial charge >= 0.3 is 5.69 Å². The average Bonchev–Trinajstić information content (AvgIpc) is 2.95. The molecule has 1 aromatic carbocycles. The van der Waals surface area contributed by atoms with Crippen LogP contribution in [-0.4, -0.2) is 15.9 Å². The summed E-state index contributed by atoms with van der Waals surface area (Å²) in [5.41, 5.74) is 2.85. The zero-order valence-electron chi connectivity index (χ0n) is 12.0. The summed E-state index contributed by atoms with van der Waals surface area (Å²) in [6, 6.07) is 3.98. The van der Waals surface area contributed by atoms with Crippen molar-refractivity contribution < 1.29 is 4.92 Å². The van der Waals surface area contributed by atoms with E-state index in [0.29, 0.717) is 17.1 Å². The zero-order chi connectivity index (χ0) is 14.8. The van der Waals surface area contributed by atoms with Crippen LogP contribution in [0.3, 0.4) is 0 Å². The monoisotopic (exact) mass is 305 g/mol. The third-order valence-electron chi connectivity index (χ3n) is 4.40. The number of nitro groups is 1. The lowest BCUT2D eigenvalue weighted by Gasteiger charge is -2.28. The van der Waals surface area contributed by atoms with Crippen LogP contribution in [0.2, 0.25) is 0 Å². The number of hydrogen-bond donors (Lipinski definition) is 1. The van der Waals surface area contributed by atoms with Crippen LogP contribution in [-0.2, 0) is 0 Å². The lowest BCUT2D eigenvalue weighted by atomic mass is 9.84. The molecule has 2 aromatic rings. The summed E-state index contributed by atoms with van der Waals surface area (Å²) in [4.78, 5) is 15.3. The number of rotatable bonds is 4. The quantitative estimate of drug-likeness (QED) is 0.663. The highest BCUT2D eigenvalue weighted by atomic mass is 32.1. The van der Waals surface area contributed by atoms with E-state index < -0.39 is 0 Å². The standard InChI is InChI=1S/C15H19N3O2S/c1-10(11-5-3-2-4-6-11)17-12-7-8-13-14(16-9-21-13)15(12)18(19)20/h7-11,17H,2-6H2,1H3. The Morgan fingerprint density at radius 3 is 2.86 bits per heavy atom. The minimum atomic E-state index is -0.321. The Balaban J connectivity index is 1.88. The molecule has 0 amide bonds. The molecule has 3 rings (SSSR count). The van der Waals surface area contributed by atoms with Gasteiger partial charge in [0.2, 0.25) is 0 Å². The Hall–Kier alpha value is -1.69. The summed E-state index contributed by atoms with van der Waals surface area (Å²) in [6.07, 6.45) is 6.27. The largest absolute Gasteiger partial charge is 0.377 e. The van der Waals surface area contributed by atoms with Gasteiger partial charge in [0.05, 0.1) is 15.1 Å². The maximum absolute atomic E-state index is 11.4. The summed E-state index contributed by atoms with van der Waals surface area (Å²) >= 11 is 1.43. The van der Waals surface area contributed by atoms with Crippen LogP contribution < -0.4 is 5.32 Å². The number of benzene rings is 1.